The molecule has 98 valence electrons. The van der Waals surface area contributed by atoms with Gasteiger partial charge in [-0.3, -0.25) is 4.79 Å². The molecule has 1 aliphatic rings. The summed E-state index contributed by atoms with van der Waals surface area (Å²) in [6.45, 7) is 0.256. The number of hydrogen-bond donors (Lipinski definition) is 1. The molecular formula is C13H15FO4. The molecule has 1 aromatic carbocycles. The first-order valence-electron chi connectivity index (χ1n) is 5.64. The molecule has 5 heteroatoms. The van der Waals surface area contributed by atoms with Gasteiger partial charge in [-0.2, -0.15) is 0 Å². The van der Waals surface area contributed by atoms with Crippen LogP contribution in [0.15, 0.2) is 12.1 Å². The minimum absolute atomic E-state index is 0.225. The van der Waals surface area contributed by atoms with Crippen LogP contribution in [0.1, 0.15) is 24.0 Å². The molecular weight excluding hydrogens is 239 g/mol. The summed E-state index contributed by atoms with van der Waals surface area (Å²) >= 11 is 0. The molecule has 1 saturated carbocycles. The standard InChI is InChI=1S/C13H15FO4/c1-17-7-8-5-9(10(14)6-11(8)18-2)13(3-4-13)12(15)16/h5-6H,3-4,7H2,1-2H3,(H,15,16). The van der Waals surface area contributed by atoms with E-state index in [1.807, 2.05) is 0 Å². The third kappa shape index (κ3) is 1.95. The molecule has 1 aromatic rings. The summed E-state index contributed by atoms with van der Waals surface area (Å²) in [6.07, 6.45) is 0.940. The second-order valence-corrected chi connectivity index (χ2v) is 4.46. The zero-order chi connectivity index (χ0) is 13.3. The number of halogens is 1. The highest BCUT2D eigenvalue weighted by atomic mass is 19.1. The van der Waals surface area contributed by atoms with Gasteiger partial charge in [-0.1, -0.05) is 0 Å². The molecule has 0 heterocycles. The van der Waals surface area contributed by atoms with Crippen LogP contribution in [-0.2, 0) is 21.6 Å². The maximum Gasteiger partial charge on any atom is 0.314 e. The molecule has 1 fully saturated rings. The molecule has 0 bridgehead atoms. The Morgan fingerprint density at radius 3 is 2.56 bits per heavy atom. The van der Waals surface area contributed by atoms with E-state index in [0.29, 0.717) is 24.2 Å². The summed E-state index contributed by atoms with van der Waals surface area (Å²) in [5.74, 6) is -1.14. The molecule has 0 amide bonds. The third-order valence-corrected chi connectivity index (χ3v) is 3.34. The smallest absolute Gasteiger partial charge is 0.314 e. The minimum Gasteiger partial charge on any atom is -0.496 e. The van der Waals surface area contributed by atoms with Crippen molar-refractivity contribution in [2.75, 3.05) is 14.2 Å². The average Bonchev–Trinajstić information content (AvgIpc) is 3.12. The van der Waals surface area contributed by atoms with Gasteiger partial charge in [-0.25, -0.2) is 4.39 Å². The highest BCUT2D eigenvalue weighted by Gasteiger charge is 2.53. The lowest BCUT2D eigenvalue weighted by molar-refractivity contribution is -0.140. The first-order valence-corrected chi connectivity index (χ1v) is 5.64. The molecule has 1 N–H and O–H groups in total. The third-order valence-electron chi connectivity index (χ3n) is 3.34. The van der Waals surface area contributed by atoms with E-state index in [1.165, 1.54) is 20.3 Å². The summed E-state index contributed by atoms with van der Waals surface area (Å²) in [5, 5.41) is 9.20. The van der Waals surface area contributed by atoms with Crippen LogP contribution in [0.25, 0.3) is 0 Å². The molecule has 0 radical (unpaired) electrons. The monoisotopic (exact) mass is 254 g/mol. The van der Waals surface area contributed by atoms with Crippen LogP contribution in [-0.4, -0.2) is 25.3 Å². The summed E-state index contributed by atoms with van der Waals surface area (Å²) in [6, 6.07) is 2.77. The molecule has 0 aromatic heterocycles. The predicted molar refractivity (Wildman–Crippen MR) is 62.2 cm³/mol. The first kappa shape index (κ1) is 12.8. The van der Waals surface area contributed by atoms with Crippen LogP contribution in [0, 0.1) is 5.82 Å². The fourth-order valence-corrected chi connectivity index (χ4v) is 2.15. The van der Waals surface area contributed by atoms with Gasteiger partial charge >= 0.3 is 5.97 Å². The van der Waals surface area contributed by atoms with Crippen molar-refractivity contribution in [3.05, 3.63) is 29.1 Å². The van der Waals surface area contributed by atoms with Crippen LogP contribution >= 0.6 is 0 Å². The number of hydrogen-bond acceptors (Lipinski definition) is 3. The van der Waals surface area contributed by atoms with Gasteiger partial charge in [0.05, 0.1) is 19.1 Å². The van der Waals surface area contributed by atoms with Gasteiger partial charge in [-0.05, 0) is 18.9 Å². The minimum atomic E-state index is -1.06. The zero-order valence-electron chi connectivity index (χ0n) is 10.3. The van der Waals surface area contributed by atoms with E-state index < -0.39 is 17.2 Å². The van der Waals surface area contributed by atoms with Gasteiger partial charge in [0.15, 0.2) is 0 Å². The second kappa shape index (κ2) is 4.57. The topological polar surface area (TPSA) is 55.8 Å². The van der Waals surface area contributed by atoms with Crippen molar-refractivity contribution >= 4 is 5.97 Å². The second-order valence-electron chi connectivity index (χ2n) is 4.46. The highest BCUT2D eigenvalue weighted by molar-refractivity contribution is 5.85. The van der Waals surface area contributed by atoms with Crippen molar-refractivity contribution in [3.8, 4) is 5.75 Å². The summed E-state index contributed by atoms with van der Waals surface area (Å²) < 4.78 is 24.0. The largest absolute Gasteiger partial charge is 0.496 e. The van der Waals surface area contributed by atoms with Crippen molar-refractivity contribution in [2.45, 2.75) is 24.9 Å². The van der Waals surface area contributed by atoms with Gasteiger partial charge in [0, 0.05) is 24.3 Å². The maximum absolute atomic E-state index is 14.0. The number of aliphatic carboxylic acids is 1. The molecule has 2 rings (SSSR count). The Bertz CT molecular complexity index is 480. The van der Waals surface area contributed by atoms with E-state index >= 15 is 0 Å². The SMILES string of the molecule is COCc1cc(C2(C(=O)O)CC2)c(F)cc1OC. The van der Waals surface area contributed by atoms with Gasteiger partial charge < -0.3 is 14.6 Å². The fourth-order valence-electron chi connectivity index (χ4n) is 2.15. The van der Waals surface area contributed by atoms with E-state index in [0.717, 1.165) is 0 Å². The van der Waals surface area contributed by atoms with Crippen molar-refractivity contribution < 1.29 is 23.8 Å². The first-order chi connectivity index (χ1) is 8.55. The van der Waals surface area contributed by atoms with Crippen molar-refractivity contribution in [2.24, 2.45) is 0 Å². The molecule has 0 saturated heterocycles. The van der Waals surface area contributed by atoms with Crippen molar-refractivity contribution in [3.63, 3.8) is 0 Å². The number of benzene rings is 1. The van der Waals surface area contributed by atoms with E-state index in [-0.39, 0.29) is 12.2 Å². The van der Waals surface area contributed by atoms with E-state index in [4.69, 9.17) is 9.47 Å². The lowest BCUT2D eigenvalue weighted by atomic mass is 9.93. The van der Waals surface area contributed by atoms with Gasteiger partial charge in [0.25, 0.3) is 0 Å². The van der Waals surface area contributed by atoms with Crippen molar-refractivity contribution in [1.29, 1.82) is 0 Å². The van der Waals surface area contributed by atoms with Crippen LogP contribution < -0.4 is 4.74 Å². The van der Waals surface area contributed by atoms with E-state index in [1.54, 1.807) is 6.07 Å². The predicted octanol–water partition coefficient (Wildman–Crippen LogP) is 2.10. The molecule has 1 aliphatic carbocycles. The molecule has 18 heavy (non-hydrogen) atoms. The van der Waals surface area contributed by atoms with Gasteiger partial charge in [0.1, 0.15) is 11.6 Å². The molecule has 4 nitrogen and oxygen atoms in total. The summed E-state index contributed by atoms with van der Waals surface area (Å²) in [4.78, 5) is 11.2. The van der Waals surface area contributed by atoms with Crippen LogP contribution in [0.3, 0.4) is 0 Å². The van der Waals surface area contributed by atoms with Crippen LogP contribution in [0.2, 0.25) is 0 Å². The quantitative estimate of drug-likeness (QED) is 0.874. The average molecular weight is 254 g/mol. The Hall–Kier alpha value is -1.62. The lowest BCUT2D eigenvalue weighted by Crippen LogP contribution is -2.21. The zero-order valence-corrected chi connectivity index (χ0v) is 10.3. The Labute approximate surface area is 104 Å². The van der Waals surface area contributed by atoms with Crippen molar-refractivity contribution in [1.82, 2.24) is 0 Å². The normalized spacial score (nSPS) is 16.4. The van der Waals surface area contributed by atoms with Gasteiger partial charge in [0.2, 0.25) is 0 Å². The lowest BCUT2D eigenvalue weighted by Gasteiger charge is -2.15. The van der Waals surface area contributed by atoms with Gasteiger partial charge in [-0.15, -0.1) is 0 Å². The number of ether oxygens (including phenoxy) is 2. The molecule has 0 atom stereocenters. The molecule has 0 unspecified atom stereocenters. The number of methoxy groups -OCH3 is 2. The van der Waals surface area contributed by atoms with Crippen LogP contribution in [0.4, 0.5) is 4.39 Å². The molecule has 0 aliphatic heterocycles. The summed E-state index contributed by atoms with van der Waals surface area (Å²) in [7, 11) is 2.96. The number of carboxylic acid groups (broad SMARTS) is 1. The number of carbonyl (C=O) groups is 1. The highest BCUT2D eigenvalue weighted by Crippen LogP contribution is 2.50. The van der Waals surface area contributed by atoms with E-state index in [9.17, 15) is 14.3 Å². The molecule has 0 spiro atoms. The fraction of sp³-hybridized carbons (Fsp3) is 0.462. The Balaban J connectivity index is 2.49. The maximum atomic E-state index is 14.0. The van der Waals surface area contributed by atoms with Crippen LogP contribution in [0.5, 0.6) is 5.75 Å². The Kier molecular flexibility index (Phi) is 3.26. The Morgan fingerprint density at radius 2 is 2.11 bits per heavy atom. The van der Waals surface area contributed by atoms with E-state index in [2.05, 4.69) is 0 Å². The Morgan fingerprint density at radius 1 is 1.44 bits per heavy atom. The number of rotatable bonds is 5. The number of carboxylic acids is 1. The summed E-state index contributed by atoms with van der Waals surface area (Å²) in [5.41, 5.74) is -0.175.